The lowest BCUT2D eigenvalue weighted by molar-refractivity contribution is -0.139. The monoisotopic (exact) mass is 261 g/mol. The summed E-state index contributed by atoms with van der Waals surface area (Å²) in [6.07, 6.45) is 2.19. The van der Waals surface area contributed by atoms with Crippen LogP contribution in [0.3, 0.4) is 0 Å². The van der Waals surface area contributed by atoms with Crippen LogP contribution in [0.15, 0.2) is 18.3 Å². The summed E-state index contributed by atoms with van der Waals surface area (Å²) in [6.45, 7) is 4.69. The fraction of sp³-hybridized carbons (Fsp3) is 0.400. The molecule has 4 heteroatoms. The average Bonchev–Trinajstić information content (AvgIpc) is 2.68. The molecule has 2 aromatic rings. The van der Waals surface area contributed by atoms with Gasteiger partial charge in [-0.25, -0.2) is 0 Å². The Balaban J connectivity index is 2.60. The summed E-state index contributed by atoms with van der Waals surface area (Å²) in [5.74, 6) is -0.247. The molecule has 4 nitrogen and oxygen atoms in total. The molecule has 1 heterocycles. The molecule has 0 bridgehead atoms. The molecule has 0 radical (unpaired) electrons. The van der Waals surface area contributed by atoms with Gasteiger partial charge in [0.25, 0.3) is 0 Å². The number of aromatic nitrogens is 1. The van der Waals surface area contributed by atoms with Crippen LogP contribution < -0.4 is 0 Å². The molecule has 0 saturated carbocycles. The van der Waals surface area contributed by atoms with Crippen molar-refractivity contribution in [3.63, 3.8) is 0 Å². The molecular formula is C15H19NO3. The summed E-state index contributed by atoms with van der Waals surface area (Å²) in [7, 11) is 1.40. The van der Waals surface area contributed by atoms with Crippen LogP contribution in [0.1, 0.15) is 16.7 Å². The van der Waals surface area contributed by atoms with E-state index in [-0.39, 0.29) is 19.0 Å². The average molecular weight is 261 g/mol. The number of fused-ring (bicyclic) bond motifs is 1. The van der Waals surface area contributed by atoms with Crippen molar-refractivity contribution in [3.8, 4) is 0 Å². The molecule has 0 unspecified atom stereocenters. The quantitative estimate of drug-likeness (QED) is 0.856. The fourth-order valence-corrected chi connectivity index (χ4v) is 2.57. The van der Waals surface area contributed by atoms with E-state index in [1.165, 1.54) is 12.7 Å². The number of ether oxygens (including phenoxy) is 1. The van der Waals surface area contributed by atoms with E-state index < -0.39 is 0 Å². The summed E-state index contributed by atoms with van der Waals surface area (Å²) in [5.41, 5.74) is 4.33. The lowest BCUT2D eigenvalue weighted by atomic mass is 10.0. The molecule has 1 aromatic heterocycles. The zero-order valence-electron chi connectivity index (χ0n) is 11.6. The lowest BCUT2D eigenvalue weighted by Crippen LogP contribution is -2.04. The second-order valence-electron chi connectivity index (χ2n) is 4.80. The number of aliphatic hydroxyl groups is 1. The molecule has 0 aliphatic heterocycles. The van der Waals surface area contributed by atoms with Crippen LogP contribution in [-0.4, -0.2) is 29.4 Å². The fourth-order valence-electron chi connectivity index (χ4n) is 2.57. The topological polar surface area (TPSA) is 51.5 Å². The Hall–Kier alpha value is -1.81. The second kappa shape index (κ2) is 5.45. The van der Waals surface area contributed by atoms with Gasteiger partial charge in [-0.1, -0.05) is 6.07 Å². The molecule has 1 aromatic carbocycles. The summed E-state index contributed by atoms with van der Waals surface area (Å²) < 4.78 is 6.73. The van der Waals surface area contributed by atoms with Gasteiger partial charge in [0.05, 0.1) is 20.1 Å². The van der Waals surface area contributed by atoms with Gasteiger partial charge in [0.2, 0.25) is 0 Å². The van der Waals surface area contributed by atoms with Gasteiger partial charge in [-0.3, -0.25) is 4.79 Å². The van der Waals surface area contributed by atoms with Crippen molar-refractivity contribution >= 4 is 16.9 Å². The smallest absolute Gasteiger partial charge is 0.310 e. The molecule has 0 saturated heterocycles. The molecule has 19 heavy (non-hydrogen) atoms. The van der Waals surface area contributed by atoms with Crippen molar-refractivity contribution in [2.45, 2.75) is 26.8 Å². The number of benzene rings is 1. The maximum absolute atomic E-state index is 11.5. The van der Waals surface area contributed by atoms with Gasteiger partial charge in [-0.2, -0.15) is 0 Å². The first-order chi connectivity index (χ1) is 9.06. The normalized spacial score (nSPS) is 10.9. The van der Waals surface area contributed by atoms with E-state index in [1.54, 1.807) is 0 Å². The Bertz CT molecular complexity index is 613. The van der Waals surface area contributed by atoms with Crippen LogP contribution >= 0.6 is 0 Å². The minimum Gasteiger partial charge on any atom is -0.469 e. The van der Waals surface area contributed by atoms with Crippen LogP contribution in [0.2, 0.25) is 0 Å². The standard InChI is InChI=1S/C15H19NO3/c1-10-6-11(2)15-12(8-14(18)19-3)9-16(4-5-17)13(15)7-10/h6-7,9,17H,4-5,8H2,1-3H3. The summed E-state index contributed by atoms with van der Waals surface area (Å²) in [4.78, 5) is 11.5. The number of methoxy groups -OCH3 is 1. The third kappa shape index (κ3) is 2.63. The second-order valence-corrected chi connectivity index (χ2v) is 4.80. The van der Waals surface area contributed by atoms with Crippen molar-refractivity contribution in [2.75, 3.05) is 13.7 Å². The number of carbonyl (C=O) groups excluding carboxylic acids is 1. The van der Waals surface area contributed by atoms with Gasteiger partial charge in [-0.05, 0) is 36.6 Å². The molecular weight excluding hydrogens is 242 g/mol. The number of hydrogen-bond acceptors (Lipinski definition) is 3. The van der Waals surface area contributed by atoms with Crippen LogP contribution in [0.5, 0.6) is 0 Å². The molecule has 0 spiro atoms. The zero-order valence-corrected chi connectivity index (χ0v) is 11.6. The predicted octanol–water partition coefficient (Wildman–Crippen LogP) is 1.97. The van der Waals surface area contributed by atoms with Gasteiger partial charge in [0.1, 0.15) is 0 Å². The van der Waals surface area contributed by atoms with E-state index in [0.717, 1.165) is 22.0 Å². The number of rotatable bonds is 4. The minimum atomic E-state index is -0.247. The highest BCUT2D eigenvalue weighted by Crippen LogP contribution is 2.27. The Morgan fingerprint density at radius 3 is 2.74 bits per heavy atom. The Labute approximate surface area is 112 Å². The van der Waals surface area contributed by atoms with Crippen molar-refractivity contribution in [1.82, 2.24) is 4.57 Å². The highest BCUT2D eigenvalue weighted by molar-refractivity contribution is 5.91. The van der Waals surface area contributed by atoms with E-state index in [4.69, 9.17) is 9.84 Å². The van der Waals surface area contributed by atoms with Crippen molar-refractivity contribution in [3.05, 3.63) is 35.0 Å². The number of aryl methyl sites for hydroxylation is 2. The summed E-state index contributed by atoms with van der Waals surface area (Å²) in [6, 6.07) is 4.19. The largest absolute Gasteiger partial charge is 0.469 e. The summed E-state index contributed by atoms with van der Waals surface area (Å²) >= 11 is 0. The first-order valence-corrected chi connectivity index (χ1v) is 6.33. The SMILES string of the molecule is COC(=O)Cc1cn(CCO)c2cc(C)cc(C)c12. The molecule has 0 amide bonds. The van der Waals surface area contributed by atoms with Crippen molar-refractivity contribution < 1.29 is 14.6 Å². The number of nitrogens with zero attached hydrogens (tertiary/aromatic N) is 1. The Morgan fingerprint density at radius 2 is 2.11 bits per heavy atom. The first-order valence-electron chi connectivity index (χ1n) is 6.33. The molecule has 0 aliphatic rings. The number of carbonyl (C=O) groups is 1. The molecule has 1 N–H and O–H groups in total. The van der Waals surface area contributed by atoms with E-state index >= 15 is 0 Å². The van der Waals surface area contributed by atoms with Gasteiger partial charge in [-0.15, -0.1) is 0 Å². The van der Waals surface area contributed by atoms with Crippen LogP contribution in [0, 0.1) is 13.8 Å². The maximum Gasteiger partial charge on any atom is 0.310 e. The van der Waals surface area contributed by atoms with E-state index in [1.807, 2.05) is 24.6 Å². The number of aliphatic hydroxyl groups excluding tert-OH is 1. The highest BCUT2D eigenvalue weighted by Gasteiger charge is 2.14. The summed E-state index contributed by atoms with van der Waals surface area (Å²) in [5, 5.41) is 10.2. The molecule has 2 rings (SSSR count). The van der Waals surface area contributed by atoms with Crippen LogP contribution in [0.4, 0.5) is 0 Å². The lowest BCUT2D eigenvalue weighted by Gasteiger charge is -2.05. The Kier molecular flexibility index (Phi) is 3.90. The van der Waals surface area contributed by atoms with Crippen LogP contribution in [-0.2, 0) is 22.5 Å². The van der Waals surface area contributed by atoms with E-state index in [2.05, 4.69) is 12.1 Å². The number of esters is 1. The predicted molar refractivity (Wildman–Crippen MR) is 74.2 cm³/mol. The molecule has 0 atom stereocenters. The van der Waals surface area contributed by atoms with Gasteiger partial charge in [0.15, 0.2) is 0 Å². The van der Waals surface area contributed by atoms with E-state index in [9.17, 15) is 4.79 Å². The first kappa shape index (κ1) is 13.6. The van der Waals surface area contributed by atoms with E-state index in [0.29, 0.717) is 6.54 Å². The molecule has 0 fully saturated rings. The van der Waals surface area contributed by atoms with Gasteiger partial charge >= 0.3 is 5.97 Å². The zero-order chi connectivity index (χ0) is 14.0. The Morgan fingerprint density at radius 1 is 1.37 bits per heavy atom. The molecule has 0 aliphatic carbocycles. The highest BCUT2D eigenvalue weighted by atomic mass is 16.5. The third-order valence-corrected chi connectivity index (χ3v) is 3.30. The minimum absolute atomic E-state index is 0.0778. The third-order valence-electron chi connectivity index (χ3n) is 3.30. The van der Waals surface area contributed by atoms with Crippen molar-refractivity contribution in [2.24, 2.45) is 0 Å². The molecule has 102 valence electrons. The van der Waals surface area contributed by atoms with Gasteiger partial charge in [0, 0.05) is 23.6 Å². The van der Waals surface area contributed by atoms with Crippen molar-refractivity contribution in [1.29, 1.82) is 0 Å². The number of hydrogen-bond donors (Lipinski definition) is 1. The van der Waals surface area contributed by atoms with Crippen LogP contribution in [0.25, 0.3) is 10.9 Å². The van der Waals surface area contributed by atoms with Gasteiger partial charge < -0.3 is 14.4 Å². The maximum atomic E-state index is 11.5.